The van der Waals surface area contributed by atoms with Gasteiger partial charge in [0.25, 0.3) is 0 Å². The molecule has 2 rings (SSSR count). The number of hydrogen-bond donors (Lipinski definition) is 1. The fraction of sp³-hybridized carbons (Fsp3) is 1.00. The molecule has 1 unspecified atom stereocenters. The lowest BCUT2D eigenvalue weighted by molar-refractivity contribution is 0.123. The highest BCUT2D eigenvalue weighted by Gasteiger charge is 2.46. The van der Waals surface area contributed by atoms with Crippen molar-refractivity contribution in [2.24, 2.45) is 11.3 Å². The van der Waals surface area contributed by atoms with Gasteiger partial charge in [0.05, 0.1) is 0 Å². The predicted octanol–water partition coefficient (Wildman–Crippen LogP) is 1.77. The van der Waals surface area contributed by atoms with Gasteiger partial charge < -0.3 is 5.32 Å². The minimum absolute atomic E-state index is 0.726. The smallest absolute Gasteiger partial charge is 0.00659 e. The molecule has 1 spiro atoms. The van der Waals surface area contributed by atoms with Gasteiger partial charge in [-0.1, -0.05) is 22.4 Å². The zero-order valence-electron chi connectivity index (χ0n) is 6.20. The van der Waals surface area contributed by atoms with Crippen molar-refractivity contribution in [1.82, 2.24) is 5.32 Å². The lowest BCUT2D eigenvalue weighted by Gasteiger charge is -2.44. The highest BCUT2D eigenvalue weighted by molar-refractivity contribution is 9.09. The molecule has 1 atom stereocenters. The first kappa shape index (κ1) is 7.11. The van der Waals surface area contributed by atoms with Crippen molar-refractivity contribution < 1.29 is 0 Å². The first-order valence-electron chi connectivity index (χ1n) is 4.14. The first-order chi connectivity index (χ1) is 4.87. The summed E-state index contributed by atoms with van der Waals surface area (Å²) >= 11 is 3.60. The summed E-state index contributed by atoms with van der Waals surface area (Å²) in [4.78, 5) is 0. The molecule has 1 saturated carbocycles. The van der Waals surface area contributed by atoms with Crippen LogP contribution in [-0.4, -0.2) is 18.4 Å². The molecular formula is C8H14BrN. The highest BCUT2D eigenvalue weighted by atomic mass is 79.9. The van der Waals surface area contributed by atoms with Crippen LogP contribution < -0.4 is 5.32 Å². The van der Waals surface area contributed by atoms with Gasteiger partial charge in [-0.15, -0.1) is 0 Å². The van der Waals surface area contributed by atoms with Crippen LogP contribution in [0.25, 0.3) is 0 Å². The molecule has 1 saturated heterocycles. The third-order valence-corrected chi connectivity index (χ3v) is 4.02. The number of halogens is 1. The Bertz CT molecular complexity index is 131. The summed E-state index contributed by atoms with van der Waals surface area (Å²) in [6.07, 6.45) is 4.38. The standard InChI is InChI=1S/C8H14BrN/c9-4-7-2-1-3-8(7)5-10-6-8/h7,10H,1-6H2. The third-order valence-electron chi connectivity index (χ3n) is 3.23. The Morgan fingerprint density at radius 3 is 2.70 bits per heavy atom. The third kappa shape index (κ3) is 0.850. The maximum Gasteiger partial charge on any atom is 0.00659 e. The van der Waals surface area contributed by atoms with Crippen molar-refractivity contribution in [1.29, 1.82) is 0 Å². The van der Waals surface area contributed by atoms with Gasteiger partial charge in [-0.25, -0.2) is 0 Å². The van der Waals surface area contributed by atoms with Gasteiger partial charge >= 0.3 is 0 Å². The quantitative estimate of drug-likeness (QED) is 0.642. The minimum Gasteiger partial charge on any atom is -0.316 e. The Morgan fingerprint density at radius 1 is 1.50 bits per heavy atom. The van der Waals surface area contributed by atoms with Crippen LogP contribution in [0.4, 0.5) is 0 Å². The van der Waals surface area contributed by atoms with Crippen LogP contribution in [0.3, 0.4) is 0 Å². The van der Waals surface area contributed by atoms with Crippen LogP contribution >= 0.6 is 15.9 Å². The number of hydrogen-bond acceptors (Lipinski definition) is 1. The number of rotatable bonds is 1. The van der Waals surface area contributed by atoms with Crippen molar-refractivity contribution in [2.75, 3.05) is 18.4 Å². The van der Waals surface area contributed by atoms with Crippen molar-refractivity contribution in [3.63, 3.8) is 0 Å². The molecule has 0 aromatic heterocycles. The van der Waals surface area contributed by atoms with Gasteiger partial charge in [-0.3, -0.25) is 0 Å². The zero-order chi connectivity index (χ0) is 7.03. The van der Waals surface area contributed by atoms with Crippen molar-refractivity contribution >= 4 is 15.9 Å². The molecular weight excluding hydrogens is 190 g/mol. The van der Waals surface area contributed by atoms with E-state index in [1.54, 1.807) is 0 Å². The average molecular weight is 204 g/mol. The SMILES string of the molecule is BrCC1CCCC12CNC2. The summed E-state index contributed by atoms with van der Waals surface area (Å²) in [7, 11) is 0. The Morgan fingerprint density at radius 2 is 2.30 bits per heavy atom. The molecule has 2 aliphatic rings. The van der Waals surface area contributed by atoms with E-state index in [1.807, 2.05) is 0 Å². The summed E-state index contributed by atoms with van der Waals surface area (Å²) in [5.41, 5.74) is 0.726. The van der Waals surface area contributed by atoms with Gasteiger partial charge in [0.15, 0.2) is 0 Å². The van der Waals surface area contributed by atoms with Gasteiger partial charge in [-0.05, 0) is 24.2 Å². The summed E-state index contributed by atoms with van der Waals surface area (Å²) in [5.74, 6) is 0.966. The maximum atomic E-state index is 3.60. The normalized spacial score (nSPS) is 36.3. The van der Waals surface area contributed by atoms with E-state index in [2.05, 4.69) is 21.2 Å². The summed E-state index contributed by atoms with van der Waals surface area (Å²) < 4.78 is 0. The van der Waals surface area contributed by atoms with Gasteiger partial charge in [0.2, 0.25) is 0 Å². The molecule has 0 amide bonds. The van der Waals surface area contributed by atoms with E-state index >= 15 is 0 Å². The van der Waals surface area contributed by atoms with Gasteiger partial charge in [0.1, 0.15) is 0 Å². The molecule has 0 radical (unpaired) electrons. The second-order valence-corrected chi connectivity index (χ2v) is 4.36. The van der Waals surface area contributed by atoms with E-state index in [4.69, 9.17) is 0 Å². The molecule has 2 fully saturated rings. The number of alkyl halides is 1. The second-order valence-electron chi connectivity index (χ2n) is 3.71. The van der Waals surface area contributed by atoms with E-state index < -0.39 is 0 Å². The fourth-order valence-electron chi connectivity index (χ4n) is 2.36. The Hall–Kier alpha value is 0.440. The fourth-order valence-corrected chi connectivity index (χ4v) is 3.37. The van der Waals surface area contributed by atoms with E-state index in [-0.39, 0.29) is 0 Å². The van der Waals surface area contributed by atoms with Gasteiger partial charge in [0, 0.05) is 18.4 Å². The molecule has 1 heterocycles. The van der Waals surface area contributed by atoms with Gasteiger partial charge in [-0.2, -0.15) is 0 Å². The molecule has 1 aliphatic carbocycles. The lowest BCUT2D eigenvalue weighted by Crippen LogP contribution is -2.55. The molecule has 0 aromatic carbocycles. The van der Waals surface area contributed by atoms with E-state index in [1.165, 1.54) is 37.7 Å². The minimum atomic E-state index is 0.726. The zero-order valence-corrected chi connectivity index (χ0v) is 7.78. The molecule has 0 bridgehead atoms. The highest BCUT2D eigenvalue weighted by Crippen LogP contribution is 2.46. The van der Waals surface area contributed by atoms with Crippen LogP contribution in [0.1, 0.15) is 19.3 Å². The van der Waals surface area contributed by atoms with Crippen LogP contribution in [0, 0.1) is 11.3 Å². The summed E-state index contributed by atoms with van der Waals surface area (Å²) in [6, 6.07) is 0. The Labute approximate surface area is 70.7 Å². The van der Waals surface area contributed by atoms with Crippen LogP contribution in [-0.2, 0) is 0 Å². The lowest BCUT2D eigenvalue weighted by atomic mass is 9.74. The molecule has 1 N–H and O–H groups in total. The maximum absolute atomic E-state index is 3.60. The van der Waals surface area contributed by atoms with Crippen LogP contribution in [0.15, 0.2) is 0 Å². The van der Waals surface area contributed by atoms with Crippen molar-refractivity contribution in [3.05, 3.63) is 0 Å². The summed E-state index contributed by atoms with van der Waals surface area (Å²) in [6.45, 7) is 2.56. The Balaban J connectivity index is 2.05. The second kappa shape index (κ2) is 2.49. The molecule has 1 nitrogen and oxygen atoms in total. The van der Waals surface area contributed by atoms with E-state index in [9.17, 15) is 0 Å². The molecule has 58 valence electrons. The van der Waals surface area contributed by atoms with E-state index in [0.29, 0.717) is 0 Å². The summed E-state index contributed by atoms with van der Waals surface area (Å²) in [5, 5.41) is 4.60. The molecule has 2 heteroatoms. The molecule has 1 aliphatic heterocycles. The topological polar surface area (TPSA) is 12.0 Å². The number of nitrogens with one attached hydrogen (secondary N) is 1. The first-order valence-corrected chi connectivity index (χ1v) is 5.26. The van der Waals surface area contributed by atoms with Crippen LogP contribution in [0.5, 0.6) is 0 Å². The Kier molecular flexibility index (Phi) is 1.77. The molecule has 0 aromatic rings. The average Bonchev–Trinajstić information content (AvgIpc) is 2.27. The van der Waals surface area contributed by atoms with E-state index in [0.717, 1.165) is 11.3 Å². The predicted molar refractivity (Wildman–Crippen MR) is 46.4 cm³/mol. The van der Waals surface area contributed by atoms with Crippen LogP contribution in [0.2, 0.25) is 0 Å². The monoisotopic (exact) mass is 203 g/mol. The van der Waals surface area contributed by atoms with Crippen molar-refractivity contribution in [2.45, 2.75) is 19.3 Å². The molecule has 10 heavy (non-hydrogen) atoms. The largest absolute Gasteiger partial charge is 0.316 e. The van der Waals surface area contributed by atoms with Crippen molar-refractivity contribution in [3.8, 4) is 0 Å².